The van der Waals surface area contributed by atoms with Crippen LogP contribution in [0.15, 0.2) is 0 Å². The van der Waals surface area contributed by atoms with Crippen LogP contribution in [-0.4, -0.2) is 0 Å². The molecule has 136 valence electrons. The molecule has 0 aliphatic heterocycles. The van der Waals surface area contributed by atoms with Crippen molar-refractivity contribution >= 4 is 0 Å². The topological polar surface area (TPSA) is 0 Å². The first kappa shape index (κ1) is 19.3. The molecular weight excluding hydrogens is 276 g/mol. The Hall–Kier alpha value is 0. The highest BCUT2D eigenvalue weighted by atomic mass is 14.5. The maximum absolute atomic E-state index is 2.53. The minimum atomic E-state index is 0.984. The molecule has 2 aliphatic rings. The van der Waals surface area contributed by atoms with Gasteiger partial charge in [-0.2, -0.15) is 0 Å². The van der Waals surface area contributed by atoms with E-state index in [9.17, 15) is 0 Å². The summed E-state index contributed by atoms with van der Waals surface area (Å²) in [5, 5.41) is 0. The first-order valence-corrected chi connectivity index (χ1v) is 11.0. The van der Waals surface area contributed by atoms with Crippen molar-refractivity contribution in [2.24, 2.45) is 47.3 Å². The normalized spacial score (nSPS) is 39.4. The zero-order valence-corrected chi connectivity index (χ0v) is 17.0. The van der Waals surface area contributed by atoms with Gasteiger partial charge in [0.05, 0.1) is 0 Å². The van der Waals surface area contributed by atoms with E-state index in [0.29, 0.717) is 0 Å². The van der Waals surface area contributed by atoms with Crippen LogP contribution in [0.2, 0.25) is 0 Å². The van der Waals surface area contributed by atoms with E-state index < -0.39 is 0 Å². The van der Waals surface area contributed by atoms with Gasteiger partial charge < -0.3 is 0 Å². The van der Waals surface area contributed by atoms with E-state index in [-0.39, 0.29) is 0 Å². The molecule has 0 heterocycles. The minimum absolute atomic E-state index is 0.984. The molecule has 0 aromatic rings. The van der Waals surface area contributed by atoms with Crippen LogP contribution in [-0.2, 0) is 0 Å². The lowest BCUT2D eigenvalue weighted by atomic mass is 9.56. The summed E-state index contributed by atoms with van der Waals surface area (Å²) >= 11 is 0. The second-order valence-electron chi connectivity index (χ2n) is 9.31. The molecule has 8 atom stereocenters. The fourth-order valence-electron chi connectivity index (χ4n) is 5.96. The van der Waals surface area contributed by atoms with E-state index in [1.807, 2.05) is 0 Å². The van der Waals surface area contributed by atoms with Crippen LogP contribution < -0.4 is 0 Å². The summed E-state index contributed by atoms with van der Waals surface area (Å²) < 4.78 is 0. The molecule has 2 rings (SSSR count). The van der Waals surface area contributed by atoms with Gasteiger partial charge in [-0.3, -0.25) is 0 Å². The van der Waals surface area contributed by atoms with E-state index in [0.717, 1.165) is 47.3 Å². The SMILES string of the molecule is CCCCC(C(CC)CCC1CC(CC)C1C)C1CC(C)C1C. The Morgan fingerprint density at radius 1 is 0.870 bits per heavy atom. The Morgan fingerprint density at radius 3 is 2.09 bits per heavy atom. The maximum atomic E-state index is 2.53. The molecule has 2 saturated carbocycles. The number of unbranched alkanes of at least 4 members (excludes halogenated alkanes) is 1. The van der Waals surface area contributed by atoms with Gasteiger partial charge in [0, 0.05) is 0 Å². The molecule has 0 heteroatoms. The number of hydrogen-bond acceptors (Lipinski definition) is 0. The molecule has 0 bridgehead atoms. The molecule has 0 spiro atoms. The van der Waals surface area contributed by atoms with Crippen LogP contribution in [0.25, 0.3) is 0 Å². The van der Waals surface area contributed by atoms with E-state index >= 15 is 0 Å². The molecule has 2 fully saturated rings. The van der Waals surface area contributed by atoms with Crippen molar-refractivity contribution in [1.29, 1.82) is 0 Å². The molecule has 2 aliphatic carbocycles. The predicted octanol–water partition coefficient (Wildman–Crippen LogP) is 7.57. The summed E-state index contributed by atoms with van der Waals surface area (Å²) in [5.41, 5.74) is 0. The summed E-state index contributed by atoms with van der Waals surface area (Å²) in [6, 6.07) is 0. The molecule has 0 radical (unpaired) electrons. The van der Waals surface area contributed by atoms with Crippen molar-refractivity contribution < 1.29 is 0 Å². The molecule has 0 nitrogen and oxygen atoms in total. The van der Waals surface area contributed by atoms with Gasteiger partial charge in [0.15, 0.2) is 0 Å². The largest absolute Gasteiger partial charge is 0.0654 e. The van der Waals surface area contributed by atoms with Crippen LogP contribution in [0.4, 0.5) is 0 Å². The smallest absolute Gasteiger partial charge is 0.0352 e. The lowest BCUT2D eigenvalue weighted by molar-refractivity contribution is 0.00467. The second kappa shape index (κ2) is 8.91. The van der Waals surface area contributed by atoms with E-state index in [4.69, 9.17) is 0 Å². The summed E-state index contributed by atoms with van der Waals surface area (Å²) in [6.45, 7) is 14.7. The van der Waals surface area contributed by atoms with Crippen molar-refractivity contribution in [3.8, 4) is 0 Å². The lowest BCUT2D eigenvalue weighted by Crippen LogP contribution is -2.41. The highest BCUT2D eigenvalue weighted by molar-refractivity contribution is 4.92. The summed E-state index contributed by atoms with van der Waals surface area (Å²) in [4.78, 5) is 0. The van der Waals surface area contributed by atoms with Crippen LogP contribution in [0, 0.1) is 47.3 Å². The molecule has 23 heavy (non-hydrogen) atoms. The molecule has 8 unspecified atom stereocenters. The van der Waals surface area contributed by atoms with Gasteiger partial charge in [0.2, 0.25) is 0 Å². The molecule has 0 aromatic heterocycles. The minimum Gasteiger partial charge on any atom is -0.0654 e. The molecular formula is C23H44. The zero-order valence-electron chi connectivity index (χ0n) is 17.0. The lowest BCUT2D eigenvalue weighted by Gasteiger charge is -2.49. The van der Waals surface area contributed by atoms with Gasteiger partial charge in [-0.05, 0) is 79.4 Å². The predicted molar refractivity (Wildman–Crippen MR) is 104 cm³/mol. The quantitative estimate of drug-likeness (QED) is 0.389. The molecule has 0 saturated heterocycles. The third-order valence-corrected chi connectivity index (χ3v) is 8.31. The Morgan fingerprint density at radius 2 is 1.61 bits per heavy atom. The van der Waals surface area contributed by atoms with Crippen molar-refractivity contribution in [1.82, 2.24) is 0 Å². The number of rotatable bonds is 10. The average Bonchev–Trinajstić information content (AvgIpc) is 2.57. The first-order chi connectivity index (χ1) is 11.0. The fourth-order valence-corrected chi connectivity index (χ4v) is 5.96. The first-order valence-electron chi connectivity index (χ1n) is 11.0. The van der Waals surface area contributed by atoms with Crippen molar-refractivity contribution in [3.63, 3.8) is 0 Å². The summed E-state index contributed by atoms with van der Waals surface area (Å²) in [7, 11) is 0. The van der Waals surface area contributed by atoms with Crippen molar-refractivity contribution in [3.05, 3.63) is 0 Å². The van der Waals surface area contributed by atoms with Crippen LogP contribution in [0.5, 0.6) is 0 Å². The van der Waals surface area contributed by atoms with Gasteiger partial charge in [0.25, 0.3) is 0 Å². The molecule has 0 amide bonds. The van der Waals surface area contributed by atoms with Gasteiger partial charge in [-0.15, -0.1) is 0 Å². The third-order valence-electron chi connectivity index (χ3n) is 8.31. The Kier molecular flexibility index (Phi) is 7.49. The van der Waals surface area contributed by atoms with E-state index in [1.165, 1.54) is 57.8 Å². The highest BCUT2D eigenvalue weighted by Gasteiger charge is 2.42. The zero-order chi connectivity index (χ0) is 17.0. The second-order valence-corrected chi connectivity index (χ2v) is 9.31. The Balaban J connectivity index is 1.87. The van der Waals surface area contributed by atoms with Crippen LogP contribution in [0.3, 0.4) is 0 Å². The van der Waals surface area contributed by atoms with Crippen LogP contribution >= 0.6 is 0 Å². The number of hydrogen-bond donors (Lipinski definition) is 0. The van der Waals surface area contributed by atoms with Gasteiger partial charge in [-0.1, -0.05) is 67.2 Å². The fraction of sp³-hybridized carbons (Fsp3) is 1.00. The van der Waals surface area contributed by atoms with E-state index in [2.05, 4.69) is 41.5 Å². The van der Waals surface area contributed by atoms with Gasteiger partial charge in [-0.25, -0.2) is 0 Å². The Labute approximate surface area is 147 Å². The average molecular weight is 321 g/mol. The van der Waals surface area contributed by atoms with Crippen molar-refractivity contribution in [2.45, 2.75) is 99.3 Å². The third kappa shape index (κ3) is 4.35. The summed E-state index contributed by atoms with van der Waals surface area (Å²) in [6.07, 6.45) is 13.3. The van der Waals surface area contributed by atoms with Gasteiger partial charge >= 0.3 is 0 Å². The van der Waals surface area contributed by atoms with Crippen molar-refractivity contribution in [2.75, 3.05) is 0 Å². The molecule has 0 aromatic carbocycles. The standard InChI is InChI=1S/C23H44/c1-7-10-11-22(23-14-16(4)17(23)5)19(8-2)12-13-21-15-20(9-3)18(21)6/h16-23H,7-15H2,1-6H3. The highest BCUT2D eigenvalue weighted by Crippen LogP contribution is 2.51. The Bertz CT molecular complexity index is 333. The molecule has 0 N–H and O–H groups in total. The summed E-state index contributed by atoms with van der Waals surface area (Å²) in [5.74, 6) is 8.16. The van der Waals surface area contributed by atoms with Crippen LogP contribution in [0.1, 0.15) is 99.3 Å². The van der Waals surface area contributed by atoms with Gasteiger partial charge in [0.1, 0.15) is 0 Å². The monoisotopic (exact) mass is 320 g/mol. The van der Waals surface area contributed by atoms with E-state index in [1.54, 1.807) is 0 Å². The maximum Gasteiger partial charge on any atom is -0.0352 e.